The van der Waals surface area contributed by atoms with Gasteiger partial charge in [-0.25, -0.2) is 0 Å². The Morgan fingerprint density at radius 1 is 1.25 bits per heavy atom. The zero-order valence-corrected chi connectivity index (χ0v) is 12.1. The smallest absolute Gasteiger partial charge is 0.253 e. The lowest BCUT2D eigenvalue weighted by atomic mass is 9.79. The molecule has 0 saturated heterocycles. The summed E-state index contributed by atoms with van der Waals surface area (Å²) < 4.78 is 0. The number of amides is 1. The molecule has 2 bridgehead atoms. The molecule has 3 fully saturated rings. The molecule has 5 atom stereocenters. The fourth-order valence-electron chi connectivity index (χ4n) is 5.04. The zero-order chi connectivity index (χ0) is 13.7. The predicted molar refractivity (Wildman–Crippen MR) is 77.5 cm³/mol. The molecule has 20 heavy (non-hydrogen) atoms. The van der Waals surface area contributed by atoms with Gasteiger partial charge in [0.15, 0.2) is 0 Å². The summed E-state index contributed by atoms with van der Waals surface area (Å²) in [5, 5.41) is 3.67. The van der Waals surface area contributed by atoms with Gasteiger partial charge in [-0.2, -0.15) is 0 Å². The minimum Gasteiger partial charge on any atom is -0.349 e. The minimum absolute atomic E-state index is 0.0375. The molecule has 106 valence electrons. The van der Waals surface area contributed by atoms with E-state index in [4.69, 9.17) is 11.6 Å². The van der Waals surface area contributed by atoms with Gasteiger partial charge in [0, 0.05) is 18.4 Å². The number of carbonyl (C=O) groups is 1. The quantitative estimate of drug-likeness (QED) is 0.908. The van der Waals surface area contributed by atoms with Crippen molar-refractivity contribution in [3.63, 3.8) is 0 Å². The van der Waals surface area contributed by atoms with Crippen molar-refractivity contribution in [1.29, 1.82) is 0 Å². The highest BCUT2D eigenvalue weighted by Crippen LogP contribution is 2.58. The molecule has 0 aliphatic heterocycles. The molecule has 4 heteroatoms. The van der Waals surface area contributed by atoms with Crippen molar-refractivity contribution < 1.29 is 4.79 Å². The molecule has 3 aliphatic rings. The Bertz CT molecular complexity index is 547. The predicted octanol–water partition coefficient (Wildman–Crippen LogP) is 3.29. The second-order valence-electron chi connectivity index (χ2n) is 6.59. The van der Waals surface area contributed by atoms with Crippen molar-refractivity contribution in [2.45, 2.75) is 38.1 Å². The van der Waals surface area contributed by atoms with Crippen LogP contribution >= 0.6 is 11.6 Å². The van der Waals surface area contributed by atoms with Crippen LogP contribution in [0.2, 0.25) is 5.02 Å². The van der Waals surface area contributed by atoms with Crippen LogP contribution in [-0.2, 0) is 0 Å². The molecule has 1 N–H and O–H groups in total. The molecular weight excluding hydrogens is 272 g/mol. The molecule has 1 aromatic rings. The first-order chi connectivity index (χ1) is 9.74. The van der Waals surface area contributed by atoms with Crippen molar-refractivity contribution in [1.82, 2.24) is 10.3 Å². The SMILES string of the molecule is O=C(NC1CC2CC1C1CCCC21)c1ccncc1Cl. The Balaban J connectivity index is 1.48. The first-order valence-corrected chi connectivity index (χ1v) is 8.02. The van der Waals surface area contributed by atoms with Crippen LogP contribution in [0.1, 0.15) is 42.5 Å². The Kier molecular flexibility index (Phi) is 2.99. The Labute approximate surface area is 124 Å². The van der Waals surface area contributed by atoms with Crippen LogP contribution < -0.4 is 5.32 Å². The summed E-state index contributed by atoms with van der Waals surface area (Å²) in [6.45, 7) is 0. The largest absolute Gasteiger partial charge is 0.349 e. The summed E-state index contributed by atoms with van der Waals surface area (Å²) in [5.74, 6) is 3.34. The van der Waals surface area contributed by atoms with E-state index in [1.807, 2.05) is 0 Å². The van der Waals surface area contributed by atoms with Gasteiger partial charge < -0.3 is 5.32 Å². The number of nitrogens with one attached hydrogen (secondary N) is 1. The number of fused-ring (bicyclic) bond motifs is 5. The molecule has 1 heterocycles. The van der Waals surface area contributed by atoms with Crippen molar-refractivity contribution in [3.05, 3.63) is 29.0 Å². The van der Waals surface area contributed by atoms with Gasteiger partial charge in [0.2, 0.25) is 0 Å². The van der Waals surface area contributed by atoms with E-state index in [2.05, 4.69) is 10.3 Å². The van der Waals surface area contributed by atoms with Gasteiger partial charge in [-0.15, -0.1) is 0 Å². The molecule has 4 rings (SSSR count). The molecule has 3 saturated carbocycles. The number of halogens is 1. The third kappa shape index (κ3) is 1.86. The van der Waals surface area contributed by atoms with Crippen molar-refractivity contribution in [2.24, 2.45) is 23.7 Å². The number of carbonyl (C=O) groups excluding carboxylic acids is 1. The Morgan fingerprint density at radius 3 is 2.95 bits per heavy atom. The van der Waals surface area contributed by atoms with E-state index in [0.29, 0.717) is 22.5 Å². The van der Waals surface area contributed by atoms with E-state index < -0.39 is 0 Å². The summed E-state index contributed by atoms with van der Waals surface area (Å²) in [6, 6.07) is 2.06. The zero-order valence-electron chi connectivity index (χ0n) is 11.4. The average molecular weight is 291 g/mol. The summed E-state index contributed by atoms with van der Waals surface area (Å²) in [4.78, 5) is 16.3. The number of hydrogen-bond acceptors (Lipinski definition) is 2. The highest BCUT2D eigenvalue weighted by molar-refractivity contribution is 6.33. The molecular formula is C16H19ClN2O. The van der Waals surface area contributed by atoms with Crippen LogP contribution in [0.25, 0.3) is 0 Å². The fraction of sp³-hybridized carbons (Fsp3) is 0.625. The fourth-order valence-corrected chi connectivity index (χ4v) is 5.24. The lowest BCUT2D eigenvalue weighted by Gasteiger charge is -2.32. The van der Waals surface area contributed by atoms with E-state index in [-0.39, 0.29) is 5.91 Å². The van der Waals surface area contributed by atoms with Crippen LogP contribution in [0.15, 0.2) is 18.5 Å². The van der Waals surface area contributed by atoms with Crippen molar-refractivity contribution in [3.8, 4) is 0 Å². The topological polar surface area (TPSA) is 42.0 Å². The van der Waals surface area contributed by atoms with Crippen molar-refractivity contribution in [2.75, 3.05) is 0 Å². The van der Waals surface area contributed by atoms with Gasteiger partial charge in [0.05, 0.1) is 10.6 Å². The number of pyridine rings is 1. The highest BCUT2D eigenvalue weighted by Gasteiger charge is 2.54. The van der Waals surface area contributed by atoms with E-state index >= 15 is 0 Å². The normalized spacial score (nSPS) is 38.0. The van der Waals surface area contributed by atoms with E-state index in [1.54, 1.807) is 12.3 Å². The standard InChI is InChI=1S/C16H19ClN2O/c17-14-8-18-5-4-12(14)16(20)19-15-7-9-6-13(15)11-3-1-2-10(9)11/h4-5,8-11,13,15H,1-3,6-7H2,(H,19,20). The number of nitrogens with zero attached hydrogens (tertiary/aromatic N) is 1. The van der Waals surface area contributed by atoms with Gasteiger partial charge in [-0.1, -0.05) is 18.0 Å². The molecule has 3 nitrogen and oxygen atoms in total. The van der Waals surface area contributed by atoms with Gasteiger partial charge in [-0.05, 0) is 55.4 Å². The molecule has 0 aromatic carbocycles. The monoisotopic (exact) mass is 290 g/mol. The first kappa shape index (κ1) is 12.6. The molecule has 1 aromatic heterocycles. The van der Waals surface area contributed by atoms with Gasteiger partial charge in [0.25, 0.3) is 5.91 Å². The summed E-state index contributed by atoms with van der Waals surface area (Å²) >= 11 is 6.05. The van der Waals surface area contributed by atoms with Gasteiger partial charge >= 0.3 is 0 Å². The van der Waals surface area contributed by atoms with Crippen LogP contribution in [0.4, 0.5) is 0 Å². The third-order valence-electron chi connectivity index (χ3n) is 5.76. The van der Waals surface area contributed by atoms with Gasteiger partial charge in [-0.3, -0.25) is 9.78 Å². The summed E-state index contributed by atoms with van der Waals surface area (Å²) in [7, 11) is 0. The maximum absolute atomic E-state index is 12.4. The van der Waals surface area contributed by atoms with E-state index in [9.17, 15) is 4.79 Å². The third-order valence-corrected chi connectivity index (χ3v) is 6.06. The van der Waals surface area contributed by atoms with E-state index in [1.165, 1.54) is 38.3 Å². The maximum Gasteiger partial charge on any atom is 0.253 e. The molecule has 1 amide bonds. The summed E-state index contributed by atoms with van der Waals surface area (Å²) in [6.07, 6.45) is 9.82. The molecule has 0 radical (unpaired) electrons. The molecule has 0 spiro atoms. The second-order valence-corrected chi connectivity index (χ2v) is 7.00. The lowest BCUT2D eigenvalue weighted by Crippen LogP contribution is -2.42. The summed E-state index contributed by atoms with van der Waals surface area (Å²) in [5.41, 5.74) is 0.549. The average Bonchev–Trinajstić information content (AvgIpc) is 3.10. The number of hydrogen-bond donors (Lipinski definition) is 1. The van der Waals surface area contributed by atoms with Crippen LogP contribution in [-0.4, -0.2) is 16.9 Å². The highest BCUT2D eigenvalue weighted by atomic mass is 35.5. The first-order valence-electron chi connectivity index (χ1n) is 7.64. The maximum atomic E-state index is 12.4. The minimum atomic E-state index is -0.0375. The van der Waals surface area contributed by atoms with Crippen LogP contribution in [0.3, 0.4) is 0 Å². The van der Waals surface area contributed by atoms with Crippen LogP contribution in [0, 0.1) is 23.7 Å². The second kappa shape index (κ2) is 4.73. The number of rotatable bonds is 2. The van der Waals surface area contributed by atoms with E-state index in [0.717, 1.165) is 17.8 Å². The lowest BCUT2D eigenvalue weighted by molar-refractivity contribution is 0.0901. The van der Waals surface area contributed by atoms with Gasteiger partial charge in [0.1, 0.15) is 0 Å². The molecule has 5 unspecified atom stereocenters. The number of aromatic nitrogens is 1. The van der Waals surface area contributed by atoms with Crippen LogP contribution in [0.5, 0.6) is 0 Å². The Hall–Kier alpha value is -1.09. The Morgan fingerprint density at radius 2 is 2.10 bits per heavy atom. The molecule has 3 aliphatic carbocycles. The van der Waals surface area contributed by atoms with Crippen molar-refractivity contribution >= 4 is 17.5 Å².